The van der Waals surface area contributed by atoms with Crippen LogP contribution in [0.4, 0.5) is 5.69 Å². The van der Waals surface area contributed by atoms with Crippen molar-refractivity contribution in [1.82, 2.24) is 10.2 Å². The van der Waals surface area contributed by atoms with E-state index in [9.17, 15) is 4.79 Å². The van der Waals surface area contributed by atoms with Gasteiger partial charge in [-0.3, -0.25) is 4.79 Å². The average molecular weight is 348 g/mol. The number of nitrogens with zero attached hydrogens (tertiary/aromatic N) is 2. The molecular formula is C14H10BrN3O3. The van der Waals surface area contributed by atoms with Crippen molar-refractivity contribution >= 4 is 27.5 Å². The Morgan fingerprint density at radius 3 is 2.86 bits per heavy atom. The van der Waals surface area contributed by atoms with Gasteiger partial charge in [0.1, 0.15) is 0 Å². The maximum Gasteiger partial charge on any atom is 0.291 e. The molecule has 0 saturated carbocycles. The molecule has 0 atom stereocenters. The molecule has 0 aliphatic carbocycles. The van der Waals surface area contributed by atoms with Crippen LogP contribution in [0, 0.1) is 6.92 Å². The number of amides is 1. The van der Waals surface area contributed by atoms with E-state index in [4.69, 9.17) is 8.83 Å². The predicted molar refractivity (Wildman–Crippen MR) is 78.8 cm³/mol. The second kappa shape index (κ2) is 5.53. The first kappa shape index (κ1) is 13.6. The number of rotatable bonds is 3. The molecule has 21 heavy (non-hydrogen) atoms. The Labute approximate surface area is 128 Å². The third-order valence-electron chi connectivity index (χ3n) is 2.82. The molecule has 106 valence electrons. The number of carbonyl (C=O) groups is 1. The number of aromatic nitrogens is 2. The van der Waals surface area contributed by atoms with Crippen molar-refractivity contribution in [2.24, 2.45) is 0 Å². The molecule has 0 fully saturated rings. The summed E-state index contributed by atoms with van der Waals surface area (Å²) in [6, 6.07) is 8.87. The first-order valence-corrected chi connectivity index (χ1v) is 6.86. The lowest BCUT2D eigenvalue weighted by Crippen LogP contribution is -2.12. The molecule has 2 aromatic heterocycles. The molecule has 3 aromatic rings. The Balaban J connectivity index is 1.84. The van der Waals surface area contributed by atoms with E-state index in [1.54, 1.807) is 31.2 Å². The summed E-state index contributed by atoms with van der Waals surface area (Å²) >= 11 is 3.20. The smallest absolute Gasteiger partial charge is 0.291 e. The number of hydrogen-bond donors (Lipinski definition) is 1. The summed E-state index contributed by atoms with van der Waals surface area (Å²) in [5.41, 5.74) is 2.10. The lowest BCUT2D eigenvalue weighted by atomic mass is 10.2. The number of anilines is 1. The van der Waals surface area contributed by atoms with Crippen LogP contribution in [0.25, 0.3) is 11.5 Å². The van der Waals surface area contributed by atoms with Gasteiger partial charge >= 0.3 is 0 Å². The fourth-order valence-corrected chi connectivity index (χ4v) is 2.39. The topological polar surface area (TPSA) is 81.2 Å². The van der Waals surface area contributed by atoms with Gasteiger partial charge in [-0.15, -0.1) is 10.2 Å². The first-order valence-electron chi connectivity index (χ1n) is 6.07. The lowest BCUT2D eigenvalue weighted by molar-refractivity contribution is 0.0994. The molecule has 0 spiro atoms. The number of furan rings is 1. The van der Waals surface area contributed by atoms with Crippen LogP contribution in [0.5, 0.6) is 0 Å². The molecule has 0 saturated heterocycles. The van der Waals surface area contributed by atoms with Crippen molar-refractivity contribution in [3.8, 4) is 11.5 Å². The summed E-state index contributed by atoms with van der Waals surface area (Å²) in [7, 11) is 0. The molecule has 1 aromatic carbocycles. The Morgan fingerprint density at radius 2 is 2.19 bits per heavy atom. The number of halogens is 1. The van der Waals surface area contributed by atoms with E-state index in [1.807, 2.05) is 6.07 Å². The average Bonchev–Trinajstić information content (AvgIpc) is 3.08. The van der Waals surface area contributed by atoms with E-state index in [-0.39, 0.29) is 11.7 Å². The number of aryl methyl sites for hydroxylation is 1. The first-order chi connectivity index (χ1) is 10.1. The highest BCUT2D eigenvalue weighted by molar-refractivity contribution is 9.10. The number of benzene rings is 1. The van der Waals surface area contributed by atoms with Gasteiger partial charge < -0.3 is 14.2 Å². The third-order valence-corrected chi connectivity index (χ3v) is 3.21. The highest BCUT2D eigenvalue weighted by atomic mass is 79.9. The normalized spacial score (nSPS) is 10.6. The zero-order chi connectivity index (χ0) is 14.8. The van der Waals surface area contributed by atoms with Crippen LogP contribution in [0.1, 0.15) is 16.1 Å². The lowest BCUT2D eigenvalue weighted by Gasteiger charge is -2.05. The fraction of sp³-hybridized carbons (Fsp3) is 0.0714. The quantitative estimate of drug-likeness (QED) is 0.781. The molecule has 6 nitrogen and oxygen atoms in total. The van der Waals surface area contributed by atoms with Crippen molar-refractivity contribution in [3.05, 3.63) is 52.7 Å². The van der Waals surface area contributed by atoms with E-state index in [2.05, 4.69) is 31.4 Å². The molecule has 0 unspecified atom stereocenters. The largest absolute Gasteiger partial charge is 0.444 e. The highest BCUT2D eigenvalue weighted by Crippen LogP contribution is 2.23. The minimum absolute atomic E-state index is 0.269. The van der Waals surface area contributed by atoms with E-state index in [0.29, 0.717) is 16.2 Å². The minimum Gasteiger partial charge on any atom is -0.444 e. The third kappa shape index (κ3) is 2.87. The summed E-state index contributed by atoms with van der Waals surface area (Å²) in [6.07, 6.45) is 1.25. The molecule has 2 heterocycles. The van der Waals surface area contributed by atoms with Crippen molar-refractivity contribution < 1.29 is 13.6 Å². The van der Waals surface area contributed by atoms with Crippen molar-refractivity contribution in [2.75, 3.05) is 5.32 Å². The monoisotopic (exact) mass is 347 g/mol. The SMILES string of the molecule is Cc1cc(Br)oc1C(=O)Nc1cccc(-c2nnco2)c1. The van der Waals surface area contributed by atoms with Crippen LogP contribution >= 0.6 is 15.9 Å². The van der Waals surface area contributed by atoms with Crippen LogP contribution in [0.15, 0.2) is 50.2 Å². The summed E-state index contributed by atoms with van der Waals surface area (Å²) < 4.78 is 11.0. The van der Waals surface area contributed by atoms with Gasteiger partial charge in [-0.05, 0) is 47.1 Å². The van der Waals surface area contributed by atoms with Crippen molar-refractivity contribution in [2.45, 2.75) is 6.92 Å². The Kier molecular flexibility index (Phi) is 3.57. The van der Waals surface area contributed by atoms with Crippen LogP contribution in [0.2, 0.25) is 0 Å². The maximum absolute atomic E-state index is 12.2. The zero-order valence-corrected chi connectivity index (χ0v) is 12.5. The Bertz CT molecular complexity index is 781. The summed E-state index contributed by atoms with van der Waals surface area (Å²) in [5, 5.41) is 10.2. The highest BCUT2D eigenvalue weighted by Gasteiger charge is 2.15. The summed E-state index contributed by atoms with van der Waals surface area (Å²) in [6.45, 7) is 1.80. The van der Waals surface area contributed by atoms with Gasteiger partial charge in [0.05, 0.1) is 0 Å². The van der Waals surface area contributed by atoms with Gasteiger partial charge in [0, 0.05) is 16.8 Å². The standard InChI is InChI=1S/C14H10BrN3O3/c1-8-5-11(15)21-12(8)13(19)17-10-4-2-3-9(6-10)14-18-16-7-20-14/h2-7H,1H3,(H,17,19). The van der Waals surface area contributed by atoms with E-state index in [0.717, 1.165) is 11.1 Å². The van der Waals surface area contributed by atoms with Gasteiger partial charge in [-0.2, -0.15) is 0 Å². The van der Waals surface area contributed by atoms with E-state index in [1.165, 1.54) is 6.39 Å². The number of hydrogen-bond acceptors (Lipinski definition) is 5. The van der Waals surface area contributed by atoms with Gasteiger partial charge in [-0.1, -0.05) is 6.07 Å². The van der Waals surface area contributed by atoms with Gasteiger partial charge in [-0.25, -0.2) is 0 Å². The molecule has 0 aliphatic rings. The van der Waals surface area contributed by atoms with Gasteiger partial charge in [0.15, 0.2) is 10.4 Å². The van der Waals surface area contributed by atoms with Crippen LogP contribution in [-0.4, -0.2) is 16.1 Å². The number of nitrogens with one attached hydrogen (secondary N) is 1. The fourth-order valence-electron chi connectivity index (χ4n) is 1.89. The minimum atomic E-state index is -0.319. The van der Waals surface area contributed by atoms with Crippen molar-refractivity contribution in [3.63, 3.8) is 0 Å². The molecule has 1 N–H and O–H groups in total. The molecule has 3 rings (SSSR count). The maximum atomic E-state index is 12.2. The van der Waals surface area contributed by atoms with Crippen LogP contribution < -0.4 is 5.32 Å². The molecule has 1 amide bonds. The molecule has 0 radical (unpaired) electrons. The molecule has 7 heteroatoms. The van der Waals surface area contributed by atoms with Gasteiger partial charge in [0.2, 0.25) is 12.3 Å². The van der Waals surface area contributed by atoms with Crippen molar-refractivity contribution in [1.29, 1.82) is 0 Å². The molecular weight excluding hydrogens is 338 g/mol. The van der Waals surface area contributed by atoms with E-state index >= 15 is 0 Å². The van der Waals surface area contributed by atoms with Crippen LogP contribution in [0.3, 0.4) is 0 Å². The summed E-state index contributed by atoms with van der Waals surface area (Å²) in [4.78, 5) is 12.2. The second-order valence-corrected chi connectivity index (χ2v) is 5.12. The predicted octanol–water partition coefficient (Wildman–Crippen LogP) is 3.65. The number of carbonyl (C=O) groups excluding carboxylic acids is 1. The van der Waals surface area contributed by atoms with E-state index < -0.39 is 0 Å². The molecule has 0 aliphatic heterocycles. The molecule has 0 bridgehead atoms. The Morgan fingerprint density at radius 1 is 1.33 bits per heavy atom. The zero-order valence-electron chi connectivity index (χ0n) is 11.0. The summed E-state index contributed by atoms with van der Waals surface area (Å²) in [5.74, 6) is 0.342. The Hall–Kier alpha value is -2.41. The second-order valence-electron chi connectivity index (χ2n) is 4.34. The van der Waals surface area contributed by atoms with Gasteiger partial charge in [0.25, 0.3) is 5.91 Å². The van der Waals surface area contributed by atoms with Crippen LogP contribution in [-0.2, 0) is 0 Å².